The van der Waals surface area contributed by atoms with Crippen LogP contribution in [0.25, 0.3) is 83.0 Å². The van der Waals surface area contributed by atoms with Crippen LogP contribution >= 0.6 is 0 Å². The Morgan fingerprint density at radius 2 is 1.18 bits per heavy atom. The van der Waals surface area contributed by atoms with Gasteiger partial charge >= 0.3 is 0 Å². The SMILES string of the molecule is C1=CC(c2nc(-c3ccc4ccccc4c3)nc(-c3cccc4c(-c5cccc6oc7ccccc7c56)cccc34)n2)=CCC1. The minimum absolute atomic E-state index is 0.665. The third-order valence-corrected chi connectivity index (χ3v) is 8.75. The van der Waals surface area contributed by atoms with E-state index in [1.54, 1.807) is 0 Å². The van der Waals surface area contributed by atoms with Crippen molar-refractivity contribution in [3.05, 3.63) is 145 Å². The first-order valence-corrected chi connectivity index (χ1v) is 15.4. The summed E-state index contributed by atoms with van der Waals surface area (Å²) in [6.07, 6.45) is 8.55. The summed E-state index contributed by atoms with van der Waals surface area (Å²) >= 11 is 0. The number of benzene rings is 6. The van der Waals surface area contributed by atoms with Gasteiger partial charge in [0.1, 0.15) is 11.2 Å². The molecule has 0 amide bonds. The predicted octanol–water partition coefficient (Wildman–Crippen LogP) is 10.8. The number of allylic oxidation sites excluding steroid dienone is 4. The first-order chi connectivity index (χ1) is 22.3. The molecule has 0 N–H and O–H groups in total. The lowest BCUT2D eigenvalue weighted by Crippen LogP contribution is -2.03. The van der Waals surface area contributed by atoms with E-state index >= 15 is 0 Å². The van der Waals surface area contributed by atoms with Crippen LogP contribution in [0, 0.1) is 0 Å². The Bertz CT molecular complexity index is 2500. The molecule has 0 spiro atoms. The van der Waals surface area contributed by atoms with Crippen LogP contribution in [0.1, 0.15) is 18.7 Å². The monoisotopic (exact) mass is 577 g/mol. The number of rotatable bonds is 4. The maximum atomic E-state index is 6.23. The smallest absolute Gasteiger partial charge is 0.164 e. The summed E-state index contributed by atoms with van der Waals surface area (Å²) in [5.41, 5.74) is 7.05. The fourth-order valence-corrected chi connectivity index (χ4v) is 6.60. The van der Waals surface area contributed by atoms with Gasteiger partial charge < -0.3 is 4.42 Å². The maximum absolute atomic E-state index is 6.23. The zero-order valence-electron chi connectivity index (χ0n) is 24.4. The summed E-state index contributed by atoms with van der Waals surface area (Å²) in [7, 11) is 0. The van der Waals surface area contributed by atoms with Crippen molar-refractivity contribution >= 4 is 49.1 Å². The number of aromatic nitrogens is 3. The first-order valence-electron chi connectivity index (χ1n) is 15.4. The van der Waals surface area contributed by atoms with Gasteiger partial charge in [0.2, 0.25) is 0 Å². The number of nitrogens with zero attached hydrogens (tertiary/aromatic N) is 3. The van der Waals surface area contributed by atoms with E-state index in [0.29, 0.717) is 17.5 Å². The number of fused-ring (bicyclic) bond motifs is 5. The molecule has 9 rings (SSSR count). The highest BCUT2D eigenvalue weighted by Crippen LogP contribution is 2.41. The molecule has 2 heterocycles. The van der Waals surface area contributed by atoms with Gasteiger partial charge in [-0.1, -0.05) is 121 Å². The summed E-state index contributed by atoms with van der Waals surface area (Å²) in [6.45, 7) is 0. The second-order valence-corrected chi connectivity index (χ2v) is 11.5. The number of para-hydroxylation sites is 1. The highest BCUT2D eigenvalue weighted by Gasteiger charge is 2.18. The Balaban J connectivity index is 1.27. The van der Waals surface area contributed by atoms with E-state index in [9.17, 15) is 0 Å². The van der Waals surface area contributed by atoms with Gasteiger partial charge in [-0.05, 0) is 63.7 Å². The highest BCUT2D eigenvalue weighted by molar-refractivity contribution is 6.16. The molecule has 6 aromatic carbocycles. The largest absolute Gasteiger partial charge is 0.456 e. The fraction of sp³-hybridized carbons (Fsp3) is 0.0488. The molecule has 0 saturated carbocycles. The normalized spacial score (nSPS) is 13.2. The van der Waals surface area contributed by atoms with Crippen molar-refractivity contribution in [2.45, 2.75) is 12.8 Å². The highest BCUT2D eigenvalue weighted by atomic mass is 16.3. The molecule has 1 aliphatic carbocycles. The van der Waals surface area contributed by atoms with Crippen LogP contribution in [-0.4, -0.2) is 15.0 Å². The molecule has 0 atom stereocenters. The van der Waals surface area contributed by atoms with Crippen molar-refractivity contribution < 1.29 is 4.42 Å². The Labute approximate surface area is 260 Å². The van der Waals surface area contributed by atoms with Crippen LogP contribution < -0.4 is 0 Å². The van der Waals surface area contributed by atoms with Gasteiger partial charge in [0.05, 0.1) is 0 Å². The standard InChI is InChI=1S/C41H27N3O/c1-2-12-27(13-3-1)39-42-40(29-24-23-26-11-4-5-14-28(26)25-29)44-41(43-39)34-20-9-16-30-31(17-8-18-32(30)34)33-19-10-22-37-38(33)35-15-6-7-21-36(35)45-37/h2,4-25H,1,3H2. The molecule has 8 aromatic rings. The van der Waals surface area contributed by atoms with E-state index in [2.05, 4.69) is 121 Å². The van der Waals surface area contributed by atoms with Crippen LogP contribution in [0.5, 0.6) is 0 Å². The van der Waals surface area contributed by atoms with Gasteiger partial charge in [0.25, 0.3) is 0 Å². The predicted molar refractivity (Wildman–Crippen MR) is 185 cm³/mol. The molecule has 45 heavy (non-hydrogen) atoms. The van der Waals surface area contributed by atoms with Crippen molar-refractivity contribution in [2.24, 2.45) is 0 Å². The van der Waals surface area contributed by atoms with Crippen LogP contribution in [0.2, 0.25) is 0 Å². The average molecular weight is 578 g/mol. The summed E-state index contributed by atoms with van der Waals surface area (Å²) < 4.78 is 6.23. The van der Waals surface area contributed by atoms with Gasteiger partial charge in [-0.2, -0.15) is 0 Å². The van der Waals surface area contributed by atoms with E-state index < -0.39 is 0 Å². The molecule has 2 aromatic heterocycles. The molecule has 4 heteroatoms. The first kappa shape index (κ1) is 25.6. The van der Waals surface area contributed by atoms with Crippen molar-refractivity contribution in [2.75, 3.05) is 0 Å². The molecule has 0 saturated heterocycles. The zero-order valence-corrected chi connectivity index (χ0v) is 24.4. The van der Waals surface area contributed by atoms with Gasteiger partial charge in [-0.15, -0.1) is 0 Å². The summed E-state index contributed by atoms with van der Waals surface area (Å²) in [6, 6.07) is 42.2. The van der Waals surface area contributed by atoms with Crippen molar-refractivity contribution in [1.82, 2.24) is 15.0 Å². The molecule has 212 valence electrons. The Morgan fingerprint density at radius 1 is 0.489 bits per heavy atom. The Hall–Kier alpha value is -5.87. The number of hydrogen-bond acceptors (Lipinski definition) is 4. The second-order valence-electron chi connectivity index (χ2n) is 11.5. The molecule has 4 nitrogen and oxygen atoms in total. The minimum Gasteiger partial charge on any atom is -0.456 e. The minimum atomic E-state index is 0.665. The lowest BCUT2D eigenvalue weighted by Gasteiger charge is -2.14. The quantitative estimate of drug-likeness (QED) is 0.209. The molecular weight excluding hydrogens is 550 g/mol. The van der Waals surface area contributed by atoms with E-state index in [1.165, 1.54) is 5.39 Å². The number of hydrogen-bond donors (Lipinski definition) is 0. The molecular formula is C41H27N3O. The van der Waals surface area contributed by atoms with E-state index in [1.807, 2.05) is 18.2 Å². The summed E-state index contributed by atoms with van der Waals surface area (Å²) in [4.78, 5) is 15.2. The van der Waals surface area contributed by atoms with Gasteiger partial charge in [0, 0.05) is 27.5 Å². The van der Waals surface area contributed by atoms with E-state index in [0.717, 1.165) is 78.8 Å². The van der Waals surface area contributed by atoms with Crippen LogP contribution in [0.4, 0.5) is 0 Å². The van der Waals surface area contributed by atoms with Gasteiger partial charge in [-0.25, -0.2) is 15.0 Å². The van der Waals surface area contributed by atoms with Crippen molar-refractivity contribution in [3.63, 3.8) is 0 Å². The summed E-state index contributed by atoms with van der Waals surface area (Å²) in [5, 5.41) is 6.82. The van der Waals surface area contributed by atoms with E-state index in [4.69, 9.17) is 19.4 Å². The molecule has 0 unspecified atom stereocenters. The number of furan rings is 1. The average Bonchev–Trinajstić information content (AvgIpc) is 3.50. The van der Waals surface area contributed by atoms with Gasteiger partial charge in [-0.3, -0.25) is 0 Å². The Kier molecular flexibility index (Phi) is 5.91. The molecule has 1 aliphatic rings. The van der Waals surface area contributed by atoms with Crippen LogP contribution in [-0.2, 0) is 0 Å². The maximum Gasteiger partial charge on any atom is 0.164 e. The summed E-state index contributed by atoms with van der Waals surface area (Å²) in [5.74, 6) is 2.03. The van der Waals surface area contributed by atoms with Crippen molar-refractivity contribution in [1.29, 1.82) is 0 Å². The lowest BCUT2D eigenvalue weighted by molar-refractivity contribution is 0.669. The van der Waals surface area contributed by atoms with E-state index in [-0.39, 0.29) is 0 Å². The van der Waals surface area contributed by atoms with Gasteiger partial charge in [0.15, 0.2) is 17.5 Å². The topological polar surface area (TPSA) is 51.8 Å². The van der Waals surface area contributed by atoms with Crippen molar-refractivity contribution in [3.8, 4) is 33.9 Å². The second kappa shape index (κ2) is 10.4. The zero-order chi connectivity index (χ0) is 29.7. The van der Waals surface area contributed by atoms with Crippen LogP contribution in [0.15, 0.2) is 144 Å². The molecule has 0 radical (unpaired) electrons. The molecule has 0 fully saturated rings. The Morgan fingerprint density at radius 3 is 2.07 bits per heavy atom. The van der Waals surface area contributed by atoms with Crippen LogP contribution in [0.3, 0.4) is 0 Å². The third-order valence-electron chi connectivity index (χ3n) is 8.75. The fourth-order valence-electron chi connectivity index (χ4n) is 6.60. The third kappa shape index (κ3) is 4.34. The molecule has 0 aliphatic heterocycles. The molecule has 0 bridgehead atoms. The lowest BCUT2D eigenvalue weighted by atomic mass is 9.93.